The highest BCUT2D eigenvalue weighted by molar-refractivity contribution is 5.82. The van der Waals surface area contributed by atoms with E-state index < -0.39 is 6.04 Å². The summed E-state index contributed by atoms with van der Waals surface area (Å²) in [5.41, 5.74) is 8.20. The fourth-order valence-corrected chi connectivity index (χ4v) is 3.16. The van der Waals surface area contributed by atoms with Crippen LogP contribution in [0.4, 0.5) is 0 Å². The van der Waals surface area contributed by atoms with E-state index in [-0.39, 0.29) is 11.8 Å². The van der Waals surface area contributed by atoms with E-state index in [0.717, 1.165) is 29.7 Å². The number of carbonyl (C=O) groups excluding carboxylic acids is 1. The molecule has 6 nitrogen and oxygen atoms in total. The van der Waals surface area contributed by atoms with Crippen molar-refractivity contribution >= 4 is 16.9 Å². The molecule has 1 unspecified atom stereocenters. The molecule has 2 N–H and O–H groups in total. The summed E-state index contributed by atoms with van der Waals surface area (Å²) in [6.45, 7) is 1.85. The minimum atomic E-state index is -0.460. The second-order valence-electron chi connectivity index (χ2n) is 6.25. The first kappa shape index (κ1) is 16.0. The molecule has 2 heterocycles. The maximum atomic E-state index is 12.6. The molecular formula is C17H24N4O2. The second kappa shape index (κ2) is 6.68. The van der Waals surface area contributed by atoms with Gasteiger partial charge in [0.2, 0.25) is 5.91 Å². The average Bonchev–Trinajstić information content (AvgIpc) is 2.90. The van der Waals surface area contributed by atoms with Gasteiger partial charge in [-0.2, -0.15) is 0 Å². The molecule has 1 amide bonds. The van der Waals surface area contributed by atoms with Crippen LogP contribution in [0.1, 0.15) is 18.7 Å². The summed E-state index contributed by atoms with van der Waals surface area (Å²) in [6.07, 6.45) is 1.71. The molecule has 1 atom stereocenters. The lowest BCUT2D eigenvalue weighted by Gasteiger charge is -2.29. The molecule has 0 aliphatic carbocycles. The summed E-state index contributed by atoms with van der Waals surface area (Å²) in [6, 6.07) is 7.51. The number of nitrogens with two attached hydrogens (primary N) is 1. The summed E-state index contributed by atoms with van der Waals surface area (Å²) >= 11 is 0. The standard InChI is InChI=1S/C17H24N4O2/c1-20(17(22)16(18)12-7-9-23-10-8-12)11-15-19-13-5-3-4-6-14(13)21(15)2/h3-6,12,16H,7-11,18H2,1-2H3. The number of aryl methyl sites for hydroxylation is 1. The average molecular weight is 316 g/mol. The van der Waals surface area contributed by atoms with Gasteiger partial charge >= 0.3 is 0 Å². The normalized spacial score (nSPS) is 17.3. The van der Waals surface area contributed by atoms with Crippen molar-refractivity contribution in [3.63, 3.8) is 0 Å². The molecule has 6 heteroatoms. The highest BCUT2D eigenvalue weighted by Gasteiger charge is 2.29. The first-order valence-electron chi connectivity index (χ1n) is 8.06. The first-order valence-corrected chi connectivity index (χ1v) is 8.06. The molecule has 0 spiro atoms. The number of ether oxygens (including phenoxy) is 1. The van der Waals surface area contributed by atoms with Gasteiger partial charge < -0.3 is 19.9 Å². The van der Waals surface area contributed by atoms with Crippen molar-refractivity contribution in [2.75, 3.05) is 20.3 Å². The Morgan fingerprint density at radius 2 is 2.13 bits per heavy atom. The topological polar surface area (TPSA) is 73.4 Å². The van der Waals surface area contributed by atoms with Crippen LogP contribution in [0, 0.1) is 5.92 Å². The minimum absolute atomic E-state index is 0.0241. The molecule has 1 aliphatic heterocycles. The lowest BCUT2D eigenvalue weighted by atomic mass is 9.91. The third-order valence-corrected chi connectivity index (χ3v) is 4.69. The molecule has 1 aromatic heterocycles. The van der Waals surface area contributed by atoms with Crippen LogP contribution in [0.3, 0.4) is 0 Å². The van der Waals surface area contributed by atoms with Crippen molar-refractivity contribution in [1.29, 1.82) is 0 Å². The SMILES string of the molecule is CN(Cc1nc2ccccc2n1C)C(=O)C(N)C1CCOCC1. The third-order valence-electron chi connectivity index (χ3n) is 4.69. The number of rotatable bonds is 4. The Hall–Kier alpha value is -1.92. The Balaban J connectivity index is 1.70. The molecule has 1 aromatic carbocycles. The van der Waals surface area contributed by atoms with E-state index in [9.17, 15) is 4.79 Å². The largest absolute Gasteiger partial charge is 0.381 e. The van der Waals surface area contributed by atoms with Crippen LogP contribution < -0.4 is 5.73 Å². The predicted octanol–water partition coefficient (Wildman–Crippen LogP) is 1.29. The van der Waals surface area contributed by atoms with Gasteiger partial charge in [0.1, 0.15) is 5.82 Å². The highest BCUT2D eigenvalue weighted by atomic mass is 16.5. The zero-order chi connectivity index (χ0) is 16.4. The summed E-state index contributed by atoms with van der Waals surface area (Å²) < 4.78 is 7.37. The number of fused-ring (bicyclic) bond motifs is 1. The Kier molecular flexibility index (Phi) is 4.63. The number of hydrogen-bond donors (Lipinski definition) is 1. The Morgan fingerprint density at radius 1 is 1.43 bits per heavy atom. The van der Waals surface area contributed by atoms with E-state index in [0.29, 0.717) is 19.8 Å². The zero-order valence-corrected chi connectivity index (χ0v) is 13.7. The predicted molar refractivity (Wildman–Crippen MR) is 88.7 cm³/mol. The summed E-state index contributed by atoms with van der Waals surface area (Å²) in [7, 11) is 3.77. The van der Waals surface area contributed by atoms with Crippen LogP contribution in [0.15, 0.2) is 24.3 Å². The number of carbonyl (C=O) groups is 1. The van der Waals surface area contributed by atoms with Gasteiger partial charge in [0.05, 0.1) is 23.6 Å². The van der Waals surface area contributed by atoms with Gasteiger partial charge in [-0.1, -0.05) is 12.1 Å². The highest BCUT2D eigenvalue weighted by Crippen LogP contribution is 2.20. The number of imidazole rings is 1. The van der Waals surface area contributed by atoms with Crippen molar-refractivity contribution in [3.8, 4) is 0 Å². The Morgan fingerprint density at radius 3 is 2.83 bits per heavy atom. The summed E-state index contributed by atoms with van der Waals surface area (Å²) in [4.78, 5) is 18.9. The molecule has 124 valence electrons. The molecule has 2 aromatic rings. The van der Waals surface area contributed by atoms with E-state index in [1.807, 2.05) is 35.9 Å². The number of nitrogens with zero attached hydrogens (tertiary/aromatic N) is 3. The van der Waals surface area contributed by atoms with E-state index in [1.165, 1.54) is 0 Å². The summed E-state index contributed by atoms with van der Waals surface area (Å²) in [5.74, 6) is 1.05. The van der Waals surface area contributed by atoms with E-state index >= 15 is 0 Å². The minimum Gasteiger partial charge on any atom is -0.381 e. The van der Waals surface area contributed by atoms with Crippen molar-refractivity contribution in [3.05, 3.63) is 30.1 Å². The quantitative estimate of drug-likeness (QED) is 0.922. The van der Waals surface area contributed by atoms with Crippen molar-refractivity contribution in [1.82, 2.24) is 14.5 Å². The number of aromatic nitrogens is 2. The van der Waals surface area contributed by atoms with Crippen LogP contribution >= 0.6 is 0 Å². The van der Waals surface area contributed by atoms with Gasteiger partial charge in [-0.25, -0.2) is 4.98 Å². The van der Waals surface area contributed by atoms with Gasteiger partial charge in [0, 0.05) is 27.3 Å². The molecule has 1 saturated heterocycles. The molecule has 1 aliphatic rings. The van der Waals surface area contributed by atoms with Gasteiger partial charge in [-0.15, -0.1) is 0 Å². The second-order valence-corrected chi connectivity index (χ2v) is 6.25. The lowest BCUT2D eigenvalue weighted by Crippen LogP contribution is -2.47. The van der Waals surface area contributed by atoms with Gasteiger partial charge in [-0.05, 0) is 30.9 Å². The number of likely N-dealkylation sites (N-methyl/N-ethyl adjacent to an activating group) is 1. The molecule has 0 saturated carbocycles. The third kappa shape index (κ3) is 3.23. The van der Waals surface area contributed by atoms with Crippen molar-refractivity contribution < 1.29 is 9.53 Å². The number of amides is 1. The number of benzene rings is 1. The number of hydrogen-bond acceptors (Lipinski definition) is 4. The molecular weight excluding hydrogens is 292 g/mol. The van der Waals surface area contributed by atoms with Gasteiger partial charge in [0.25, 0.3) is 0 Å². The summed E-state index contributed by atoms with van der Waals surface area (Å²) in [5, 5.41) is 0. The fraction of sp³-hybridized carbons (Fsp3) is 0.529. The van der Waals surface area contributed by atoms with Crippen molar-refractivity contribution in [2.24, 2.45) is 18.7 Å². The zero-order valence-electron chi connectivity index (χ0n) is 13.7. The number of para-hydroxylation sites is 2. The molecule has 23 heavy (non-hydrogen) atoms. The van der Waals surface area contributed by atoms with E-state index in [4.69, 9.17) is 10.5 Å². The smallest absolute Gasteiger partial charge is 0.239 e. The van der Waals surface area contributed by atoms with Gasteiger partial charge in [0.15, 0.2) is 0 Å². The Bertz CT molecular complexity index is 691. The van der Waals surface area contributed by atoms with Crippen molar-refractivity contribution in [2.45, 2.75) is 25.4 Å². The maximum absolute atomic E-state index is 12.6. The lowest BCUT2D eigenvalue weighted by molar-refractivity contribution is -0.134. The van der Waals surface area contributed by atoms with E-state index in [1.54, 1.807) is 11.9 Å². The molecule has 3 rings (SSSR count). The van der Waals surface area contributed by atoms with Crippen LogP contribution in [0.2, 0.25) is 0 Å². The molecule has 0 bridgehead atoms. The van der Waals surface area contributed by atoms with Crippen LogP contribution in [-0.2, 0) is 23.1 Å². The van der Waals surface area contributed by atoms with E-state index in [2.05, 4.69) is 4.98 Å². The van der Waals surface area contributed by atoms with Crippen LogP contribution in [-0.4, -0.2) is 46.7 Å². The molecule has 1 fully saturated rings. The van der Waals surface area contributed by atoms with Gasteiger partial charge in [-0.3, -0.25) is 4.79 Å². The van der Waals surface area contributed by atoms with Crippen LogP contribution in [0.25, 0.3) is 11.0 Å². The first-order chi connectivity index (χ1) is 11.1. The Labute approximate surface area is 136 Å². The maximum Gasteiger partial charge on any atom is 0.239 e. The fourth-order valence-electron chi connectivity index (χ4n) is 3.16. The monoisotopic (exact) mass is 316 g/mol. The molecule has 0 radical (unpaired) electrons. The van der Waals surface area contributed by atoms with Crippen LogP contribution in [0.5, 0.6) is 0 Å².